The summed E-state index contributed by atoms with van der Waals surface area (Å²) in [5.74, 6) is 0.489. The predicted octanol–water partition coefficient (Wildman–Crippen LogP) is 2.48. The monoisotopic (exact) mass is 438 g/mol. The van der Waals surface area contributed by atoms with Gasteiger partial charge in [0, 0.05) is 23.5 Å². The Kier molecular flexibility index (Phi) is 4.63. The number of sulfonamides is 1. The quantitative estimate of drug-likeness (QED) is 0.646. The lowest BCUT2D eigenvalue weighted by Crippen LogP contribution is -2.45. The van der Waals surface area contributed by atoms with Crippen LogP contribution < -0.4 is 10.5 Å². The van der Waals surface area contributed by atoms with E-state index in [0.717, 1.165) is 43.2 Å². The highest BCUT2D eigenvalue weighted by Crippen LogP contribution is 2.40. The molecule has 0 radical (unpaired) electrons. The first kappa shape index (κ1) is 19.8. The average Bonchev–Trinajstić information content (AvgIpc) is 3.06. The van der Waals surface area contributed by atoms with E-state index >= 15 is 0 Å². The molecule has 3 N–H and O–H groups in total. The average molecular weight is 439 g/mol. The van der Waals surface area contributed by atoms with E-state index in [9.17, 15) is 13.2 Å². The number of nitrogens with one attached hydrogen (secondary N) is 1. The normalized spacial score (nSPS) is 18.2. The highest BCUT2D eigenvalue weighted by molar-refractivity contribution is 7.89. The minimum absolute atomic E-state index is 0.0309. The number of aliphatic imine (C=N–C) groups is 1. The van der Waals surface area contributed by atoms with Crippen LogP contribution in [0.25, 0.3) is 11.0 Å². The molecule has 0 saturated heterocycles. The van der Waals surface area contributed by atoms with Gasteiger partial charge in [-0.1, -0.05) is 19.3 Å². The fourth-order valence-corrected chi connectivity index (χ4v) is 5.12. The van der Waals surface area contributed by atoms with Crippen molar-refractivity contribution < 1.29 is 13.2 Å². The maximum Gasteiger partial charge on any atom is 0.238 e. The van der Waals surface area contributed by atoms with E-state index in [1.165, 1.54) is 12.1 Å². The molecule has 1 spiro atoms. The fraction of sp³-hybridized carbons (Fsp3) is 0.333. The first-order valence-corrected chi connectivity index (χ1v) is 11.7. The Morgan fingerprint density at radius 2 is 1.84 bits per heavy atom. The van der Waals surface area contributed by atoms with Crippen LogP contribution in [0, 0.1) is 0 Å². The zero-order valence-corrected chi connectivity index (χ0v) is 17.6. The lowest BCUT2D eigenvalue weighted by molar-refractivity contribution is -0.127. The van der Waals surface area contributed by atoms with E-state index in [1.54, 1.807) is 24.5 Å². The number of anilines is 2. The molecule has 3 heterocycles. The Morgan fingerprint density at radius 3 is 2.55 bits per heavy atom. The summed E-state index contributed by atoms with van der Waals surface area (Å²) < 4.78 is 25.0. The zero-order valence-electron chi connectivity index (χ0n) is 16.8. The second-order valence-electron chi connectivity index (χ2n) is 8.06. The van der Waals surface area contributed by atoms with Gasteiger partial charge in [0.15, 0.2) is 5.78 Å². The van der Waals surface area contributed by atoms with Gasteiger partial charge in [0.05, 0.1) is 10.6 Å². The number of nitrogens with two attached hydrogens (primary N) is 1. The van der Waals surface area contributed by atoms with Gasteiger partial charge in [0.25, 0.3) is 0 Å². The van der Waals surface area contributed by atoms with Gasteiger partial charge in [0.1, 0.15) is 17.7 Å². The summed E-state index contributed by atoms with van der Waals surface area (Å²) in [4.78, 5) is 26.6. The number of Topliss-reactive ketones (excluding diaryl/α,β-unsaturated/α-hetero) is 1. The molecule has 1 saturated carbocycles. The number of carbonyl (C=O) groups is 1. The third-order valence-electron chi connectivity index (χ3n) is 6.09. The largest absolute Gasteiger partial charge is 0.324 e. The van der Waals surface area contributed by atoms with E-state index in [0.29, 0.717) is 17.3 Å². The van der Waals surface area contributed by atoms with E-state index in [-0.39, 0.29) is 17.2 Å². The number of aromatic nitrogens is 3. The van der Waals surface area contributed by atoms with Crippen molar-refractivity contribution in [1.82, 2.24) is 14.5 Å². The summed E-state index contributed by atoms with van der Waals surface area (Å²) >= 11 is 0. The van der Waals surface area contributed by atoms with E-state index in [2.05, 4.69) is 19.9 Å². The molecule has 10 heteroatoms. The van der Waals surface area contributed by atoms with Gasteiger partial charge in [-0.05, 0) is 43.2 Å². The van der Waals surface area contributed by atoms with Crippen LogP contribution in [0.5, 0.6) is 0 Å². The number of hydrogen-bond donors (Lipinski definition) is 2. The molecule has 0 unspecified atom stereocenters. The third kappa shape index (κ3) is 3.41. The summed E-state index contributed by atoms with van der Waals surface area (Å²) in [7, 11) is -3.76. The van der Waals surface area contributed by atoms with Crippen LogP contribution in [0.2, 0.25) is 0 Å². The smallest absolute Gasteiger partial charge is 0.238 e. The number of fused-ring (bicyclic) bond motifs is 4. The van der Waals surface area contributed by atoms with Crippen molar-refractivity contribution in [3.63, 3.8) is 0 Å². The minimum atomic E-state index is -3.76. The van der Waals surface area contributed by atoms with Gasteiger partial charge in [-0.2, -0.15) is 4.98 Å². The van der Waals surface area contributed by atoms with Crippen LogP contribution >= 0.6 is 0 Å². The highest BCUT2D eigenvalue weighted by atomic mass is 32.2. The Balaban J connectivity index is 1.57. The second-order valence-corrected chi connectivity index (χ2v) is 9.62. The first-order valence-electron chi connectivity index (χ1n) is 10.2. The minimum Gasteiger partial charge on any atom is -0.324 e. The number of ketones is 1. The lowest BCUT2D eigenvalue weighted by atomic mass is 9.78. The SMILES string of the molecule is NS(=O)(=O)c1ccc(Nc2ncc3cc4n(c3n2)C2(CCCCC2)C(=O)CN=C4)cc1. The zero-order chi connectivity index (χ0) is 21.6. The number of hydrogen-bond acceptors (Lipinski definition) is 7. The molecule has 3 aromatic rings. The Morgan fingerprint density at radius 1 is 1.10 bits per heavy atom. The summed E-state index contributed by atoms with van der Waals surface area (Å²) in [6, 6.07) is 8.02. The molecule has 1 aromatic carbocycles. The summed E-state index contributed by atoms with van der Waals surface area (Å²) in [5, 5.41) is 9.10. The van der Waals surface area contributed by atoms with Gasteiger partial charge in [-0.3, -0.25) is 9.79 Å². The molecule has 1 aliphatic carbocycles. The number of benzene rings is 1. The maximum absolute atomic E-state index is 13.1. The maximum atomic E-state index is 13.1. The van der Waals surface area contributed by atoms with E-state index < -0.39 is 15.6 Å². The molecule has 0 atom stereocenters. The molecule has 0 bridgehead atoms. The van der Waals surface area contributed by atoms with Crippen LogP contribution in [0.15, 0.2) is 46.4 Å². The molecule has 5 rings (SSSR count). The Hall–Kier alpha value is -3.11. The van der Waals surface area contributed by atoms with Crippen LogP contribution in [0.4, 0.5) is 11.6 Å². The molecule has 31 heavy (non-hydrogen) atoms. The molecule has 2 aromatic heterocycles. The summed E-state index contributed by atoms with van der Waals surface area (Å²) in [6.45, 7) is 0.190. The van der Waals surface area contributed by atoms with Crippen LogP contribution in [-0.2, 0) is 20.4 Å². The van der Waals surface area contributed by atoms with Crippen LogP contribution in [0.3, 0.4) is 0 Å². The van der Waals surface area contributed by atoms with Crippen molar-refractivity contribution in [1.29, 1.82) is 0 Å². The topological polar surface area (TPSA) is 132 Å². The number of primary sulfonamides is 1. The molecule has 1 fully saturated rings. The van der Waals surface area contributed by atoms with Crippen molar-refractivity contribution in [2.24, 2.45) is 10.1 Å². The van der Waals surface area contributed by atoms with Crippen molar-refractivity contribution in [3.05, 3.63) is 42.2 Å². The molecular formula is C21H22N6O3S. The molecule has 1 aliphatic heterocycles. The molecule has 160 valence electrons. The second kappa shape index (κ2) is 7.24. The van der Waals surface area contributed by atoms with Gasteiger partial charge in [-0.15, -0.1) is 0 Å². The third-order valence-corrected chi connectivity index (χ3v) is 7.02. The number of carbonyl (C=O) groups excluding carboxylic acids is 1. The molecular weight excluding hydrogens is 416 g/mol. The van der Waals surface area contributed by atoms with Crippen LogP contribution in [0.1, 0.15) is 37.8 Å². The molecule has 2 aliphatic rings. The predicted molar refractivity (Wildman–Crippen MR) is 117 cm³/mol. The van der Waals surface area contributed by atoms with E-state index in [4.69, 9.17) is 10.1 Å². The highest BCUT2D eigenvalue weighted by Gasteiger charge is 2.43. The van der Waals surface area contributed by atoms with Gasteiger partial charge < -0.3 is 9.88 Å². The number of rotatable bonds is 3. The van der Waals surface area contributed by atoms with Crippen LogP contribution in [-0.4, -0.2) is 41.5 Å². The first-order chi connectivity index (χ1) is 14.9. The number of nitrogens with zero attached hydrogens (tertiary/aromatic N) is 4. The van der Waals surface area contributed by atoms with Crippen molar-refractivity contribution in [2.45, 2.75) is 42.5 Å². The van der Waals surface area contributed by atoms with E-state index in [1.807, 2.05) is 6.07 Å². The van der Waals surface area contributed by atoms with Crippen molar-refractivity contribution in [3.8, 4) is 0 Å². The summed E-state index contributed by atoms with van der Waals surface area (Å²) in [5.41, 5.74) is 1.57. The Labute approximate surface area is 179 Å². The Bertz CT molecular complexity index is 1300. The summed E-state index contributed by atoms with van der Waals surface area (Å²) in [6.07, 6.45) is 8.17. The molecule has 0 amide bonds. The standard InChI is InChI=1S/C21H22N6O3S/c22-31(29,30)17-6-4-15(5-7-17)25-20-24-11-14-10-16-12-23-13-18(28)21(8-2-1-3-9-21)27(16)19(14)26-20/h4-7,10-12H,1-3,8-9,13H2,(H2,22,29,30)(H,24,25,26). The lowest BCUT2D eigenvalue weighted by Gasteiger charge is -2.37. The van der Waals surface area contributed by atoms with Gasteiger partial charge >= 0.3 is 0 Å². The fourth-order valence-electron chi connectivity index (χ4n) is 4.60. The van der Waals surface area contributed by atoms with Crippen molar-refractivity contribution >= 4 is 44.7 Å². The van der Waals surface area contributed by atoms with Crippen molar-refractivity contribution in [2.75, 3.05) is 11.9 Å². The van der Waals surface area contributed by atoms with Gasteiger partial charge in [-0.25, -0.2) is 18.5 Å². The molecule has 9 nitrogen and oxygen atoms in total. The van der Waals surface area contributed by atoms with Gasteiger partial charge in [0.2, 0.25) is 16.0 Å².